The second-order valence-corrected chi connectivity index (χ2v) is 5.60. The summed E-state index contributed by atoms with van der Waals surface area (Å²) in [4.78, 5) is 0. The zero-order valence-electron chi connectivity index (χ0n) is 13.2. The van der Waals surface area contributed by atoms with Gasteiger partial charge in [-0.15, -0.1) is 0 Å². The maximum absolute atomic E-state index is 4.27. The second kappa shape index (κ2) is 8.25. The van der Waals surface area contributed by atoms with Crippen molar-refractivity contribution < 1.29 is 0 Å². The van der Waals surface area contributed by atoms with Crippen LogP contribution in [-0.4, -0.2) is 22.0 Å². The van der Waals surface area contributed by atoms with Gasteiger partial charge in [0.2, 0.25) is 0 Å². The Bertz CT molecular complexity index is 692. The van der Waals surface area contributed by atoms with Crippen LogP contribution in [0.25, 0.3) is 11.3 Å². The lowest BCUT2D eigenvalue weighted by Crippen LogP contribution is -2.15. The van der Waals surface area contributed by atoms with Crippen LogP contribution in [0, 0.1) is 0 Å². The first kappa shape index (κ1) is 15.4. The average molecular weight is 306 g/mol. The first-order chi connectivity index (χ1) is 11.4. The van der Waals surface area contributed by atoms with Crippen molar-refractivity contribution in [3.8, 4) is 11.3 Å². The Kier molecular flexibility index (Phi) is 5.53. The molecule has 23 heavy (non-hydrogen) atoms. The molecule has 2 aromatic carbocycles. The molecule has 0 spiro atoms. The summed E-state index contributed by atoms with van der Waals surface area (Å²) >= 11 is 0. The van der Waals surface area contributed by atoms with Crippen molar-refractivity contribution in [1.82, 2.24) is 20.7 Å². The number of aromatic amines is 1. The topological polar surface area (TPSA) is 53.6 Å². The standard InChI is InChI=1S/C19H22N4/c1-3-9-16(10-4-1)11-7-8-14-20-15-18-19(22-23-21-18)17-12-5-2-6-13-17/h1-6,9-10,12-13,20H,7-8,11,14-15H2,(H,21,22,23). The Balaban J connectivity index is 1.41. The fourth-order valence-electron chi connectivity index (χ4n) is 2.63. The molecule has 0 bridgehead atoms. The fourth-order valence-corrected chi connectivity index (χ4v) is 2.63. The van der Waals surface area contributed by atoms with Gasteiger partial charge >= 0.3 is 0 Å². The Morgan fingerprint density at radius 2 is 1.57 bits per heavy atom. The van der Waals surface area contributed by atoms with Gasteiger partial charge in [0, 0.05) is 12.1 Å². The predicted octanol–water partition coefficient (Wildman–Crippen LogP) is 3.58. The third-order valence-electron chi connectivity index (χ3n) is 3.87. The largest absolute Gasteiger partial charge is 0.311 e. The molecule has 0 aliphatic carbocycles. The van der Waals surface area contributed by atoms with Crippen LogP contribution in [0.4, 0.5) is 0 Å². The number of hydrogen-bond acceptors (Lipinski definition) is 3. The molecule has 0 saturated carbocycles. The molecule has 0 saturated heterocycles. The number of nitrogens with zero attached hydrogens (tertiary/aromatic N) is 2. The number of unbranched alkanes of at least 4 members (excludes halogenated alkanes) is 1. The Labute approximate surface area is 137 Å². The van der Waals surface area contributed by atoms with Crippen molar-refractivity contribution in [2.75, 3.05) is 6.54 Å². The van der Waals surface area contributed by atoms with E-state index in [0.717, 1.165) is 42.9 Å². The molecule has 118 valence electrons. The van der Waals surface area contributed by atoms with Crippen LogP contribution in [0.3, 0.4) is 0 Å². The summed E-state index contributed by atoms with van der Waals surface area (Å²) in [5.41, 5.74) is 4.42. The Morgan fingerprint density at radius 3 is 2.35 bits per heavy atom. The SMILES string of the molecule is c1ccc(CCCCNCc2n[nH]nc2-c2ccccc2)cc1. The minimum Gasteiger partial charge on any atom is -0.311 e. The van der Waals surface area contributed by atoms with E-state index in [1.165, 1.54) is 12.0 Å². The van der Waals surface area contributed by atoms with Crippen LogP contribution in [-0.2, 0) is 13.0 Å². The molecule has 0 aliphatic heterocycles. The summed E-state index contributed by atoms with van der Waals surface area (Å²) in [6.07, 6.45) is 3.50. The number of benzene rings is 2. The lowest BCUT2D eigenvalue weighted by molar-refractivity contribution is 0.616. The third kappa shape index (κ3) is 4.50. The number of hydrogen-bond donors (Lipinski definition) is 2. The molecule has 0 unspecified atom stereocenters. The normalized spacial score (nSPS) is 10.8. The van der Waals surface area contributed by atoms with Crippen LogP contribution >= 0.6 is 0 Å². The van der Waals surface area contributed by atoms with Gasteiger partial charge in [0.25, 0.3) is 0 Å². The summed E-state index contributed by atoms with van der Waals surface area (Å²) in [7, 11) is 0. The molecule has 4 heteroatoms. The van der Waals surface area contributed by atoms with Crippen molar-refractivity contribution in [3.05, 3.63) is 71.9 Å². The average Bonchev–Trinajstić information content (AvgIpc) is 3.08. The highest BCUT2D eigenvalue weighted by Gasteiger charge is 2.08. The highest BCUT2D eigenvalue weighted by molar-refractivity contribution is 5.60. The van der Waals surface area contributed by atoms with Crippen LogP contribution in [0.1, 0.15) is 24.1 Å². The minimum absolute atomic E-state index is 0.742. The van der Waals surface area contributed by atoms with E-state index in [9.17, 15) is 0 Å². The first-order valence-electron chi connectivity index (χ1n) is 8.13. The van der Waals surface area contributed by atoms with Crippen molar-refractivity contribution in [3.63, 3.8) is 0 Å². The van der Waals surface area contributed by atoms with Crippen LogP contribution in [0.5, 0.6) is 0 Å². The van der Waals surface area contributed by atoms with E-state index in [2.05, 4.69) is 63.2 Å². The molecule has 0 radical (unpaired) electrons. The Morgan fingerprint density at radius 1 is 0.826 bits per heavy atom. The summed E-state index contributed by atoms with van der Waals surface area (Å²) < 4.78 is 0. The molecule has 4 nitrogen and oxygen atoms in total. The second-order valence-electron chi connectivity index (χ2n) is 5.60. The highest BCUT2D eigenvalue weighted by atomic mass is 15.3. The van der Waals surface area contributed by atoms with Gasteiger partial charge in [-0.3, -0.25) is 0 Å². The zero-order chi connectivity index (χ0) is 15.7. The number of aryl methyl sites for hydroxylation is 1. The van der Waals surface area contributed by atoms with Gasteiger partial charge in [0.15, 0.2) is 0 Å². The fraction of sp³-hybridized carbons (Fsp3) is 0.263. The Hall–Kier alpha value is -2.46. The van der Waals surface area contributed by atoms with E-state index in [1.807, 2.05) is 18.2 Å². The van der Waals surface area contributed by atoms with Crippen molar-refractivity contribution in [1.29, 1.82) is 0 Å². The van der Waals surface area contributed by atoms with Crippen LogP contribution in [0.15, 0.2) is 60.7 Å². The molecule has 1 heterocycles. The highest BCUT2D eigenvalue weighted by Crippen LogP contribution is 2.18. The maximum Gasteiger partial charge on any atom is 0.117 e. The summed E-state index contributed by atoms with van der Waals surface area (Å²) in [6, 6.07) is 20.8. The zero-order valence-corrected chi connectivity index (χ0v) is 13.2. The number of aromatic nitrogens is 3. The first-order valence-corrected chi connectivity index (χ1v) is 8.13. The summed E-state index contributed by atoms with van der Waals surface area (Å²) in [6.45, 7) is 1.74. The number of rotatable bonds is 8. The van der Waals surface area contributed by atoms with Gasteiger partial charge in [0.1, 0.15) is 11.4 Å². The predicted molar refractivity (Wildman–Crippen MR) is 92.9 cm³/mol. The van der Waals surface area contributed by atoms with Gasteiger partial charge in [-0.05, 0) is 31.4 Å². The van der Waals surface area contributed by atoms with Crippen molar-refractivity contribution >= 4 is 0 Å². The van der Waals surface area contributed by atoms with Crippen molar-refractivity contribution in [2.24, 2.45) is 0 Å². The quantitative estimate of drug-likeness (QED) is 0.625. The van der Waals surface area contributed by atoms with E-state index >= 15 is 0 Å². The van der Waals surface area contributed by atoms with Gasteiger partial charge in [-0.2, -0.15) is 15.4 Å². The lowest BCUT2D eigenvalue weighted by Gasteiger charge is -2.05. The molecule has 0 atom stereocenters. The molecule has 2 N–H and O–H groups in total. The van der Waals surface area contributed by atoms with Crippen LogP contribution in [0.2, 0.25) is 0 Å². The molecular weight excluding hydrogens is 284 g/mol. The smallest absolute Gasteiger partial charge is 0.117 e. The van der Waals surface area contributed by atoms with Gasteiger partial charge in [-0.1, -0.05) is 60.7 Å². The van der Waals surface area contributed by atoms with Gasteiger partial charge in [-0.25, -0.2) is 0 Å². The third-order valence-corrected chi connectivity index (χ3v) is 3.87. The van der Waals surface area contributed by atoms with E-state index in [1.54, 1.807) is 0 Å². The summed E-state index contributed by atoms with van der Waals surface area (Å²) in [5, 5.41) is 14.7. The lowest BCUT2D eigenvalue weighted by atomic mass is 10.1. The molecular formula is C19H22N4. The van der Waals surface area contributed by atoms with Crippen LogP contribution < -0.4 is 5.32 Å². The van der Waals surface area contributed by atoms with E-state index < -0.39 is 0 Å². The molecule has 0 amide bonds. The molecule has 3 rings (SSSR count). The van der Waals surface area contributed by atoms with Gasteiger partial charge < -0.3 is 5.32 Å². The van der Waals surface area contributed by atoms with E-state index in [0.29, 0.717) is 0 Å². The maximum atomic E-state index is 4.27. The number of H-pyrrole nitrogens is 1. The molecule has 3 aromatic rings. The van der Waals surface area contributed by atoms with Gasteiger partial charge in [0.05, 0.1) is 0 Å². The minimum atomic E-state index is 0.742. The van der Waals surface area contributed by atoms with E-state index in [-0.39, 0.29) is 0 Å². The number of nitrogens with one attached hydrogen (secondary N) is 2. The van der Waals surface area contributed by atoms with E-state index in [4.69, 9.17) is 0 Å². The molecule has 1 aromatic heterocycles. The molecule has 0 aliphatic rings. The monoisotopic (exact) mass is 306 g/mol. The summed E-state index contributed by atoms with van der Waals surface area (Å²) in [5.74, 6) is 0. The van der Waals surface area contributed by atoms with Crippen molar-refractivity contribution in [2.45, 2.75) is 25.8 Å². The molecule has 0 fully saturated rings.